The highest BCUT2D eigenvalue weighted by molar-refractivity contribution is 7.80. The molecule has 0 spiro atoms. The molecule has 2 aromatic rings. The highest BCUT2D eigenvalue weighted by Gasteiger charge is 2.22. The van der Waals surface area contributed by atoms with E-state index in [-0.39, 0.29) is 23.7 Å². The molecule has 0 saturated carbocycles. The second kappa shape index (κ2) is 6.82. The molecule has 0 radical (unpaired) electrons. The SMILES string of the molecule is O=[N+]([O-])c1c(NS(=O)O)cccc1OCc1ccccc1. The third-order valence-corrected chi connectivity index (χ3v) is 3.01. The molecule has 0 heterocycles. The summed E-state index contributed by atoms with van der Waals surface area (Å²) < 4.78 is 27.1. The number of para-hydroxylation sites is 1. The summed E-state index contributed by atoms with van der Waals surface area (Å²) in [6.45, 7) is 0.160. The molecule has 2 aromatic carbocycles. The first kappa shape index (κ1) is 14.9. The summed E-state index contributed by atoms with van der Waals surface area (Å²) in [4.78, 5) is 10.5. The van der Waals surface area contributed by atoms with Gasteiger partial charge in [-0.3, -0.25) is 19.4 Å². The molecular formula is C13H12N2O5S. The van der Waals surface area contributed by atoms with E-state index < -0.39 is 16.2 Å². The zero-order chi connectivity index (χ0) is 15.2. The lowest BCUT2D eigenvalue weighted by atomic mass is 10.2. The van der Waals surface area contributed by atoms with Crippen molar-refractivity contribution in [3.05, 3.63) is 64.2 Å². The molecule has 0 fully saturated rings. The highest BCUT2D eigenvalue weighted by atomic mass is 32.2. The fourth-order valence-electron chi connectivity index (χ4n) is 1.74. The number of benzene rings is 2. The summed E-state index contributed by atoms with van der Waals surface area (Å²) >= 11 is -2.40. The van der Waals surface area contributed by atoms with Crippen LogP contribution in [-0.4, -0.2) is 13.7 Å². The smallest absolute Gasteiger partial charge is 0.334 e. The van der Waals surface area contributed by atoms with Crippen LogP contribution < -0.4 is 9.46 Å². The lowest BCUT2D eigenvalue weighted by Crippen LogP contribution is -2.06. The second-order valence-electron chi connectivity index (χ2n) is 4.03. The van der Waals surface area contributed by atoms with Gasteiger partial charge < -0.3 is 4.74 Å². The molecule has 0 aliphatic heterocycles. The van der Waals surface area contributed by atoms with Crippen molar-refractivity contribution >= 4 is 22.6 Å². The van der Waals surface area contributed by atoms with Gasteiger partial charge in [0.05, 0.1) is 4.92 Å². The van der Waals surface area contributed by atoms with Crippen molar-refractivity contribution < 1.29 is 18.4 Å². The quantitative estimate of drug-likeness (QED) is 0.485. The molecular weight excluding hydrogens is 296 g/mol. The highest BCUT2D eigenvalue weighted by Crippen LogP contribution is 2.35. The standard InChI is InChI=1S/C13H12N2O5S/c16-15(17)13-11(14-21(18)19)7-4-8-12(13)20-9-10-5-2-1-3-6-10/h1-8,14H,9H2,(H,18,19). The molecule has 2 N–H and O–H groups in total. The monoisotopic (exact) mass is 308 g/mol. The lowest BCUT2D eigenvalue weighted by molar-refractivity contribution is -0.385. The fourth-order valence-corrected chi connectivity index (χ4v) is 2.09. The number of hydrogen-bond donors (Lipinski definition) is 2. The van der Waals surface area contributed by atoms with Crippen LogP contribution >= 0.6 is 0 Å². The van der Waals surface area contributed by atoms with Crippen LogP contribution in [0.25, 0.3) is 0 Å². The molecule has 0 bridgehead atoms. The van der Waals surface area contributed by atoms with Crippen LogP contribution in [0.3, 0.4) is 0 Å². The van der Waals surface area contributed by atoms with Gasteiger partial charge in [-0.2, -0.15) is 0 Å². The zero-order valence-corrected chi connectivity index (χ0v) is 11.6. The van der Waals surface area contributed by atoms with Crippen LogP contribution in [0.4, 0.5) is 11.4 Å². The van der Waals surface area contributed by atoms with Gasteiger partial charge in [0.15, 0.2) is 5.75 Å². The zero-order valence-electron chi connectivity index (χ0n) is 10.8. The van der Waals surface area contributed by atoms with Crippen molar-refractivity contribution in [3.8, 4) is 5.75 Å². The normalized spacial score (nSPS) is 11.7. The molecule has 0 saturated heterocycles. The third-order valence-electron chi connectivity index (χ3n) is 2.62. The summed E-state index contributed by atoms with van der Waals surface area (Å²) in [5.74, 6) is 0.0271. The van der Waals surface area contributed by atoms with E-state index in [1.807, 2.05) is 30.3 Å². The van der Waals surface area contributed by atoms with E-state index in [9.17, 15) is 14.3 Å². The van der Waals surface area contributed by atoms with Gasteiger partial charge in [-0.05, 0) is 17.7 Å². The summed E-state index contributed by atoms with van der Waals surface area (Å²) in [6.07, 6.45) is 0. The fraction of sp³-hybridized carbons (Fsp3) is 0.0769. The molecule has 0 aliphatic carbocycles. The minimum absolute atomic E-state index is 0.0271. The molecule has 110 valence electrons. The van der Waals surface area contributed by atoms with Gasteiger partial charge in [-0.1, -0.05) is 36.4 Å². The van der Waals surface area contributed by atoms with E-state index in [0.29, 0.717) is 0 Å². The number of nitrogens with one attached hydrogen (secondary N) is 1. The molecule has 1 unspecified atom stereocenters. The molecule has 0 aliphatic rings. The third kappa shape index (κ3) is 4.01. The van der Waals surface area contributed by atoms with Gasteiger partial charge >= 0.3 is 5.69 Å². The van der Waals surface area contributed by atoms with E-state index in [1.165, 1.54) is 18.2 Å². The number of rotatable bonds is 6. The van der Waals surface area contributed by atoms with Crippen molar-refractivity contribution in [1.29, 1.82) is 0 Å². The molecule has 0 aromatic heterocycles. The first-order valence-electron chi connectivity index (χ1n) is 5.89. The van der Waals surface area contributed by atoms with Gasteiger partial charge in [0.25, 0.3) is 11.3 Å². The van der Waals surface area contributed by atoms with Crippen LogP contribution in [0.15, 0.2) is 48.5 Å². The second-order valence-corrected chi connectivity index (χ2v) is 4.74. The summed E-state index contributed by atoms with van der Waals surface area (Å²) in [6, 6.07) is 13.5. The molecule has 21 heavy (non-hydrogen) atoms. The average molecular weight is 308 g/mol. The first-order chi connectivity index (χ1) is 10.1. The largest absolute Gasteiger partial charge is 0.482 e. The average Bonchev–Trinajstić information content (AvgIpc) is 2.45. The Morgan fingerprint density at radius 1 is 1.19 bits per heavy atom. The van der Waals surface area contributed by atoms with Crippen LogP contribution in [0.1, 0.15) is 5.56 Å². The summed E-state index contributed by atoms with van der Waals surface area (Å²) in [7, 11) is 0. The molecule has 0 amide bonds. The lowest BCUT2D eigenvalue weighted by Gasteiger charge is -2.09. The van der Waals surface area contributed by atoms with Crippen molar-refractivity contribution in [2.24, 2.45) is 0 Å². The van der Waals surface area contributed by atoms with Gasteiger partial charge in [0.1, 0.15) is 12.3 Å². The van der Waals surface area contributed by atoms with Gasteiger partial charge in [0.2, 0.25) is 0 Å². The van der Waals surface area contributed by atoms with E-state index in [1.54, 1.807) is 0 Å². The number of nitro groups is 1. The van der Waals surface area contributed by atoms with Crippen molar-refractivity contribution in [2.45, 2.75) is 6.61 Å². The van der Waals surface area contributed by atoms with Crippen molar-refractivity contribution in [3.63, 3.8) is 0 Å². The maximum atomic E-state index is 11.1. The molecule has 7 nitrogen and oxygen atoms in total. The van der Waals surface area contributed by atoms with Crippen LogP contribution in [0.2, 0.25) is 0 Å². The molecule has 2 rings (SSSR count). The maximum Gasteiger partial charge on any atom is 0.334 e. The Kier molecular flexibility index (Phi) is 4.85. The maximum absolute atomic E-state index is 11.1. The predicted octanol–water partition coefficient (Wildman–Crippen LogP) is 2.72. The van der Waals surface area contributed by atoms with E-state index in [0.717, 1.165) is 5.56 Å². The first-order valence-corrected chi connectivity index (χ1v) is 7.00. The number of nitro benzene ring substituents is 1. The Balaban J connectivity index is 2.26. The number of hydrogen-bond acceptors (Lipinski definition) is 4. The van der Waals surface area contributed by atoms with Crippen LogP contribution in [0.5, 0.6) is 5.75 Å². The summed E-state index contributed by atoms with van der Waals surface area (Å²) in [5, 5.41) is 11.1. The Bertz CT molecular complexity index is 663. The van der Waals surface area contributed by atoms with E-state index >= 15 is 0 Å². The number of ether oxygens (including phenoxy) is 1. The van der Waals surface area contributed by atoms with Crippen molar-refractivity contribution in [1.82, 2.24) is 0 Å². The molecule has 8 heteroatoms. The minimum atomic E-state index is -2.40. The molecule has 1 atom stereocenters. The number of anilines is 1. The van der Waals surface area contributed by atoms with E-state index in [2.05, 4.69) is 4.72 Å². The summed E-state index contributed by atoms with van der Waals surface area (Å²) in [5.41, 5.74) is 0.401. The Morgan fingerprint density at radius 3 is 2.52 bits per heavy atom. The Morgan fingerprint density at radius 2 is 1.90 bits per heavy atom. The van der Waals surface area contributed by atoms with Crippen LogP contribution in [-0.2, 0) is 17.9 Å². The Hall–Kier alpha value is -2.45. The minimum Gasteiger partial charge on any atom is -0.482 e. The van der Waals surface area contributed by atoms with Gasteiger partial charge in [-0.25, -0.2) is 4.21 Å². The van der Waals surface area contributed by atoms with Gasteiger partial charge in [-0.15, -0.1) is 0 Å². The van der Waals surface area contributed by atoms with Crippen LogP contribution in [0, 0.1) is 10.1 Å². The number of nitrogens with zero attached hydrogens (tertiary/aromatic N) is 1. The van der Waals surface area contributed by atoms with E-state index in [4.69, 9.17) is 9.29 Å². The Labute approximate surface area is 123 Å². The topological polar surface area (TPSA) is 102 Å². The van der Waals surface area contributed by atoms with Gasteiger partial charge in [0, 0.05) is 0 Å². The predicted molar refractivity (Wildman–Crippen MR) is 78.3 cm³/mol. The van der Waals surface area contributed by atoms with Crippen molar-refractivity contribution in [2.75, 3.05) is 4.72 Å².